The average Bonchev–Trinajstić information content (AvgIpc) is 2.70. The molecule has 1 saturated carbocycles. The molecular weight excluding hydrogens is 216 g/mol. The van der Waals surface area contributed by atoms with Crippen LogP contribution in [0.25, 0.3) is 0 Å². The van der Waals surface area contributed by atoms with Crippen molar-refractivity contribution in [3.8, 4) is 0 Å². The first-order valence-electron chi connectivity index (χ1n) is 6.59. The van der Waals surface area contributed by atoms with Gasteiger partial charge in [0.1, 0.15) is 12.2 Å². The van der Waals surface area contributed by atoms with E-state index in [2.05, 4.69) is 22.3 Å². The lowest BCUT2D eigenvalue weighted by molar-refractivity contribution is 0.119. The standard InChI is InChI=1S/C12H22N4O/c1-2-16-12(14-9-15-16)8-13-10-6-4-3-5-7-11(10)17/h9-11,13,17H,2-8H2,1H3. The zero-order valence-corrected chi connectivity index (χ0v) is 10.5. The second-order valence-electron chi connectivity index (χ2n) is 4.68. The van der Waals surface area contributed by atoms with Crippen LogP contribution < -0.4 is 5.32 Å². The molecule has 2 N–H and O–H groups in total. The van der Waals surface area contributed by atoms with E-state index in [4.69, 9.17) is 0 Å². The molecule has 2 unspecified atom stereocenters. The third kappa shape index (κ3) is 3.26. The van der Waals surface area contributed by atoms with E-state index in [1.54, 1.807) is 6.33 Å². The van der Waals surface area contributed by atoms with E-state index < -0.39 is 0 Å². The van der Waals surface area contributed by atoms with Crippen LogP contribution in [-0.4, -0.2) is 32.0 Å². The molecule has 0 aliphatic heterocycles. The maximum atomic E-state index is 10.00. The number of aliphatic hydroxyl groups excluding tert-OH is 1. The van der Waals surface area contributed by atoms with E-state index in [9.17, 15) is 5.11 Å². The van der Waals surface area contributed by atoms with E-state index in [0.717, 1.165) is 31.6 Å². The molecule has 1 aliphatic carbocycles. The van der Waals surface area contributed by atoms with Crippen LogP contribution in [0.1, 0.15) is 44.9 Å². The highest BCUT2D eigenvalue weighted by molar-refractivity contribution is 4.87. The third-order valence-electron chi connectivity index (χ3n) is 3.50. The van der Waals surface area contributed by atoms with Gasteiger partial charge in [-0.3, -0.25) is 0 Å². The van der Waals surface area contributed by atoms with Crippen LogP contribution in [0.3, 0.4) is 0 Å². The minimum atomic E-state index is -0.213. The lowest BCUT2D eigenvalue weighted by atomic mass is 10.1. The van der Waals surface area contributed by atoms with Gasteiger partial charge in [-0.25, -0.2) is 9.67 Å². The van der Waals surface area contributed by atoms with Crippen LogP contribution in [0, 0.1) is 0 Å². The van der Waals surface area contributed by atoms with E-state index >= 15 is 0 Å². The van der Waals surface area contributed by atoms with Crippen molar-refractivity contribution in [2.75, 3.05) is 0 Å². The second kappa shape index (κ2) is 6.12. The van der Waals surface area contributed by atoms with Gasteiger partial charge in [0.25, 0.3) is 0 Å². The Balaban J connectivity index is 1.88. The molecule has 5 nitrogen and oxygen atoms in total. The van der Waals surface area contributed by atoms with Crippen molar-refractivity contribution >= 4 is 0 Å². The molecule has 0 saturated heterocycles. The Morgan fingerprint density at radius 3 is 3.06 bits per heavy atom. The van der Waals surface area contributed by atoms with Gasteiger partial charge in [-0.2, -0.15) is 5.10 Å². The molecule has 1 aromatic heterocycles. The molecule has 0 aromatic carbocycles. The van der Waals surface area contributed by atoms with Crippen molar-refractivity contribution in [3.05, 3.63) is 12.2 Å². The van der Waals surface area contributed by atoms with Crippen molar-refractivity contribution in [2.24, 2.45) is 0 Å². The summed E-state index contributed by atoms with van der Waals surface area (Å²) >= 11 is 0. The fraction of sp³-hybridized carbons (Fsp3) is 0.833. The average molecular weight is 238 g/mol. The maximum absolute atomic E-state index is 10.00. The number of aryl methyl sites for hydroxylation is 1. The summed E-state index contributed by atoms with van der Waals surface area (Å²) in [7, 11) is 0. The first-order valence-corrected chi connectivity index (χ1v) is 6.59. The van der Waals surface area contributed by atoms with Crippen LogP contribution in [0.2, 0.25) is 0 Å². The van der Waals surface area contributed by atoms with E-state index in [-0.39, 0.29) is 12.1 Å². The zero-order chi connectivity index (χ0) is 12.1. The molecule has 0 radical (unpaired) electrons. The van der Waals surface area contributed by atoms with Crippen LogP contribution in [0.5, 0.6) is 0 Å². The molecule has 17 heavy (non-hydrogen) atoms. The van der Waals surface area contributed by atoms with Gasteiger partial charge in [-0.05, 0) is 19.8 Å². The molecule has 1 heterocycles. The highest BCUT2D eigenvalue weighted by Gasteiger charge is 2.21. The predicted octanol–water partition coefficient (Wildman–Crippen LogP) is 1.08. The minimum Gasteiger partial charge on any atom is -0.392 e. The number of aromatic nitrogens is 3. The van der Waals surface area contributed by atoms with E-state index in [0.29, 0.717) is 6.54 Å². The molecule has 0 spiro atoms. The predicted molar refractivity (Wildman–Crippen MR) is 65.4 cm³/mol. The zero-order valence-electron chi connectivity index (χ0n) is 10.5. The van der Waals surface area contributed by atoms with Crippen molar-refractivity contribution in [1.29, 1.82) is 0 Å². The lowest BCUT2D eigenvalue weighted by Gasteiger charge is -2.21. The largest absolute Gasteiger partial charge is 0.392 e. The summed E-state index contributed by atoms with van der Waals surface area (Å²) in [4.78, 5) is 4.23. The summed E-state index contributed by atoms with van der Waals surface area (Å²) in [5, 5.41) is 17.6. The van der Waals surface area contributed by atoms with Gasteiger partial charge in [-0.1, -0.05) is 19.3 Å². The van der Waals surface area contributed by atoms with Gasteiger partial charge in [0, 0.05) is 12.6 Å². The Kier molecular flexibility index (Phi) is 4.50. The smallest absolute Gasteiger partial charge is 0.140 e. The Hall–Kier alpha value is -0.940. The molecular formula is C12H22N4O. The van der Waals surface area contributed by atoms with Gasteiger partial charge >= 0.3 is 0 Å². The van der Waals surface area contributed by atoms with Crippen molar-refractivity contribution in [2.45, 2.75) is 64.3 Å². The van der Waals surface area contributed by atoms with Crippen LogP contribution in [0.15, 0.2) is 6.33 Å². The van der Waals surface area contributed by atoms with Gasteiger partial charge in [0.15, 0.2) is 0 Å². The number of hydrogen-bond donors (Lipinski definition) is 2. The van der Waals surface area contributed by atoms with Crippen LogP contribution in [0.4, 0.5) is 0 Å². The van der Waals surface area contributed by atoms with Crippen LogP contribution in [-0.2, 0) is 13.1 Å². The fourth-order valence-electron chi connectivity index (χ4n) is 2.44. The number of rotatable bonds is 4. The molecule has 2 atom stereocenters. The third-order valence-corrected chi connectivity index (χ3v) is 3.50. The Bertz CT molecular complexity index is 339. The minimum absolute atomic E-state index is 0.208. The highest BCUT2D eigenvalue weighted by Crippen LogP contribution is 2.18. The summed E-state index contributed by atoms with van der Waals surface area (Å²) in [5.74, 6) is 0.948. The number of hydrogen-bond acceptors (Lipinski definition) is 4. The molecule has 1 aromatic rings. The van der Waals surface area contributed by atoms with Gasteiger partial charge in [-0.15, -0.1) is 0 Å². The number of aliphatic hydroxyl groups is 1. The molecule has 0 amide bonds. The van der Waals surface area contributed by atoms with Gasteiger partial charge < -0.3 is 10.4 Å². The van der Waals surface area contributed by atoms with Gasteiger partial charge in [0.05, 0.1) is 12.6 Å². The lowest BCUT2D eigenvalue weighted by Crippen LogP contribution is -2.39. The summed E-state index contributed by atoms with van der Waals surface area (Å²) in [6.45, 7) is 3.58. The quantitative estimate of drug-likeness (QED) is 0.771. The first kappa shape index (κ1) is 12.5. The Morgan fingerprint density at radius 2 is 2.24 bits per heavy atom. The second-order valence-corrected chi connectivity index (χ2v) is 4.68. The molecule has 1 fully saturated rings. The molecule has 1 aliphatic rings. The Morgan fingerprint density at radius 1 is 1.41 bits per heavy atom. The molecule has 5 heteroatoms. The first-order chi connectivity index (χ1) is 8.31. The maximum Gasteiger partial charge on any atom is 0.140 e. The van der Waals surface area contributed by atoms with Crippen molar-refractivity contribution in [3.63, 3.8) is 0 Å². The van der Waals surface area contributed by atoms with Crippen molar-refractivity contribution < 1.29 is 5.11 Å². The van der Waals surface area contributed by atoms with E-state index in [1.807, 2.05) is 4.68 Å². The van der Waals surface area contributed by atoms with Crippen molar-refractivity contribution in [1.82, 2.24) is 20.1 Å². The summed E-state index contributed by atoms with van der Waals surface area (Å²) in [6.07, 6.45) is 6.93. The SMILES string of the molecule is CCn1ncnc1CNC1CCCCCC1O. The van der Waals surface area contributed by atoms with Gasteiger partial charge in [0.2, 0.25) is 0 Å². The highest BCUT2D eigenvalue weighted by atomic mass is 16.3. The number of nitrogens with zero attached hydrogens (tertiary/aromatic N) is 3. The fourth-order valence-corrected chi connectivity index (χ4v) is 2.44. The monoisotopic (exact) mass is 238 g/mol. The van der Waals surface area contributed by atoms with Crippen LogP contribution >= 0.6 is 0 Å². The molecule has 2 rings (SSSR count). The normalized spacial score (nSPS) is 25.8. The topological polar surface area (TPSA) is 63.0 Å². The summed E-state index contributed by atoms with van der Waals surface area (Å²) in [6, 6.07) is 0.208. The summed E-state index contributed by atoms with van der Waals surface area (Å²) < 4.78 is 1.89. The molecule has 0 bridgehead atoms. The number of nitrogens with one attached hydrogen (secondary N) is 1. The Labute approximate surface area is 102 Å². The molecule has 96 valence electrons. The van der Waals surface area contributed by atoms with E-state index in [1.165, 1.54) is 12.8 Å². The summed E-state index contributed by atoms with van der Waals surface area (Å²) in [5.41, 5.74) is 0.